The van der Waals surface area contributed by atoms with Crippen LogP contribution in [0.3, 0.4) is 0 Å². The number of rotatable bonds is 5. The second-order valence-electron chi connectivity index (χ2n) is 8.01. The first kappa shape index (κ1) is 21.6. The molecule has 3 aromatic carbocycles. The highest BCUT2D eigenvalue weighted by atomic mass is 16.3. The minimum Gasteiger partial charge on any atom is -0.388 e. The molecule has 4 rings (SSSR count). The van der Waals surface area contributed by atoms with Crippen LogP contribution in [0.15, 0.2) is 84.9 Å². The van der Waals surface area contributed by atoms with E-state index in [0.29, 0.717) is 30.0 Å². The topological polar surface area (TPSA) is 81.7 Å². The van der Waals surface area contributed by atoms with Crippen molar-refractivity contribution in [3.05, 3.63) is 96.1 Å². The number of carbonyl (C=O) groups excluding carboxylic acids is 2. The van der Waals surface area contributed by atoms with Crippen molar-refractivity contribution in [2.45, 2.75) is 18.9 Å². The zero-order valence-corrected chi connectivity index (χ0v) is 17.8. The number of carbonyl (C=O) groups is 2. The number of amides is 3. The highest BCUT2D eigenvalue weighted by molar-refractivity contribution is 6.04. The minimum atomic E-state index is -0.508. The Balaban J connectivity index is 1.31. The fourth-order valence-corrected chi connectivity index (χ4v) is 4.01. The number of hydrogen-bond acceptors (Lipinski definition) is 3. The zero-order chi connectivity index (χ0) is 22.3. The second-order valence-corrected chi connectivity index (χ2v) is 8.01. The number of benzene rings is 3. The highest BCUT2D eigenvalue weighted by Gasteiger charge is 2.28. The molecule has 6 heteroatoms. The summed E-state index contributed by atoms with van der Waals surface area (Å²) in [4.78, 5) is 26.9. The van der Waals surface area contributed by atoms with E-state index in [1.165, 1.54) is 0 Å². The van der Waals surface area contributed by atoms with Gasteiger partial charge in [-0.25, -0.2) is 4.79 Å². The molecule has 1 atom stereocenters. The number of piperidine rings is 1. The molecule has 3 amide bonds. The lowest BCUT2D eigenvalue weighted by atomic mass is 9.87. The van der Waals surface area contributed by atoms with E-state index < -0.39 is 6.10 Å². The normalized spacial score (nSPS) is 15.1. The van der Waals surface area contributed by atoms with Crippen molar-refractivity contribution >= 4 is 23.3 Å². The molecule has 1 aliphatic rings. The summed E-state index contributed by atoms with van der Waals surface area (Å²) in [6.45, 7) is 1.18. The fraction of sp³-hybridized carbons (Fsp3) is 0.231. The lowest BCUT2D eigenvalue weighted by molar-refractivity contribution is 0.0683. The molecule has 0 bridgehead atoms. The lowest BCUT2D eigenvalue weighted by Crippen LogP contribution is -2.42. The second kappa shape index (κ2) is 10.1. The van der Waals surface area contributed by atoms with Gasteiger partial charge < -0.3 is 20.6 Å². The minimum absolute atomic E-state index is 0.137. The van der Waals surface area contributed by atoms with Crippen molar-refractivity contribution < 1.29 is 14.7 Å². The standard InChI is InChI=1S/C26H27N3O3/c30-24(19-8-3-1-4-9-19)20-14-16-29(17-15-20)26(32)28-23-13-7-12-22(18-23)27-25(31)21-10-5-2-6-11-21/h1-13,18,20,24,30H,14-17H2,(H,27,31)(H,28,32). The SMILES string of the molecule is O=C(Nc1cccc(NC(=O)N2CCC(C(O)c3ccccc3)CC2)c1)c1ccccc1. The number of hydrogen-bond donors (Lipinski definition) is 3. The Labute approximate surface area is 187 Å². The van der Waals surface area contributed by atoms with E-state index >= 15 is 0 Å². The van der Waals surface area contributed by atoms with E-state index in [2.05, 4.69) is 10.6 Å². The van der Waals surface area contributed by atoms with Crippen molar-refractivity contribution in [1.29, 1.82) is 0 Å². The average Bonchev–Trinajstić information content (AvgIpc) is 2.85. The van der Waals surface area contributed by atoms with Crippen LogP contribution in [0.2, 0.25) is 0 Å². The first-order chi connectivity index (χ1) is 15.6. The molecule has 6 nitrogen and oxygen atoms in total. The Kier molecular flexibility index (Phi) is 6.82. The summed E-state index contributed by atoms with van der Waals surface area (Å²) in [5.41, 5.74) is 2.72. The van der Waals surface area contributed by atoms with Gasteiger partial charge in [-0.15, -0.1) is 0 Å². The van der Waals surface area contributed by atoms with Crippen LogP contribution >= 0.6 is 0 Å². The summed E-state index contributed by atoms with van der Waals surface area (Å²) in [7, 11) is 0. The van der Waals surface area contributed by atoms with Crippen LogP contribution in [-0.2, 0) is 0 Å². The number of anilines is 2. The number of aliphatic hydroxyl groups is 1. The van der Waals surface area contributed by atoms with Crippen molar-refractivity contribution in [1.82, 2.24) is 4.90 Å². The molecule has 1 unspecified atom stereocenters. The summed E-state index contributed by atoms with van der Waals surface area (Å²) in [6, 6.07) is 25.6. The molecule has 1 heterocycles. The van der Waals surface area contributed by atoms with Gasteiger partial charge >= 0.3 is 6.03 Å². The van der Waals surface area contributed by atoms with Crippen LogP contribution in [0.5, 0.6) is 0 Å². The smallest absolute Gasteiger partial charge is 0.321 e. The average molecular weight is 430 g/mol. The van der Waals surface area contributed by atoms with Gasteiger partial charge in [0.15, 0.2) is 0 Å². The fourth-order valence-electron chi connectivity index (χ4n) is 4.01. The number of likely N-dealkylation sites (tertiary alicyclic amines) is 1. The maximum Gasteiger partial charge on any atom is 0.321 e. The molecule has 1 aliphatic heterocycles. The van der Waals surface area contributed by atoms with Gasteiger partial charge in [0.1, 0.15) is 0 Å². The van der Waals surface area contributed by atoms with Gasteiger partial charge in [0, 0.05) is 30.0 Å². The van der Waals surface area contributed by atoms with Crippen molar-refractivity contribution in [2.24, 2.45) is 5.92 Å². The predicted octanol–water partition coefficient (Wildman–Crippen LogP) is 4.92. The van der Waals surface area contributed by atoms with E-state index in [-0.39, 0.29) is 17.9 Å². The molecule has 0 aromatic heterocycles. The number of nitrogens with one attached hydrogen (secondary N) is 2. The Morgan fingerprint density at radius 1 is 0.812 bits per heavy atom. The monoisotopic (exact) mass is 429 g/mol. The summed E-state index contributed by atoms with van der Waals surface area (Å²) in [5.74, 6) is -0.0638. The van der Waals surface area contributed by atoms with Gasteiger partial charge in [-0.2, -0.15) is 0 Å². The molecule has 3 aromatic rings. The first-order valence-corrected chi connectivity index (χ1v) is 10.9. The number of urea groups is 1. The van der Waals surface area contributed by atoms with Crippen molar-refractivity contribution in [3.8, 4) is 0 Å². The molecule has 0 aliphatic carbocycles. The summed E-state index contributed by atoms with van der Waals surface area (Å²) in [6.07, 6.45) is 0.985. The van der Waals surface area contributed by atoms with Gasteiger partial charge in [0.05, 0.1) is 6.10 Å². The van der Waals surface area contributed by atoms with Crippen molar-refractivity contribution in [3.63, 3.8) is 0 Å². The van der Waals surface area contributed by atoms with E-state index in [4.69, 9.17) is 0 Å². The maximum absolute atomic E-state index is 12.7. The van der Waals surface area contributed by atoms with Crippen LogP contribution in [-0.4, -0.2) is 35.0 Å². The summed E-state index contributed by atoms with van der Waals surface area (Å²) >= 11 is 0. The third-order valence-electron chi connectivity index (χ3n) is 5.82. The zero-order valence-electron chi connectivity index (χ0n) is 17.8. The molecular weight excluding hydrogens is 402 g/mol. The predicted molar refractivity (Wildman–Crippen MR) is 126 cm³/mol. The first-order valence-electron chi connectivity index (χ1n) is 10.9. The van der Waals surface area contributed by atoms with E-state index in [9.17, 15) is 14.7 Å². The molecule has 0 saturated carbocycles. The summed E-state index contributed by atoms with van der Waals surface area (Å²) < 4.78 is 0. The third kappa shape index (κ3) is 5.34. The van der Waals surface area contributed by atoms with Crippen LogP contribution in [0.4, 0.5) is 16.2 Å². The van der Waals surface area contributed by atoms with E-state index in [0.717, 1.165) is 18.4 Å². The lowest BCUT2D eigenvalue weighted by Gasteiger charge is -2.34. The molecule has 0 spiro atoms. The van der Waals surface area contributed by atoms with Gasteiger partial charge in [-0.1, -0.05) is 54.6 Å². The molecule has 32 heavy (non-hydrogen) atoms. The molecule has 164 valence electrons. The number of aliphatic hydroxyl groups excluding tert-OH is 1. The van der Waals surface area contributed by atoms with Gasteiger partial charge in [0.25, 0.3) is 5.91 Å². The summed E-state index contributed by atoms with van der Waals surface area (Å²) in [5, 5.41) is 16.4. The number of nitrogens with zero attached hydrogens (tertiary/aromatic N) is 1. The molecule has 1 saturated heterocycles. The Morgan fingerprint density at radius 2 is 1.41 bits per heavy atom. The van der Waals surface area contributed by atoms with Crippen LogP contribution < -0.4 is 10.6 Å². The van der Waals surface area contributed by atoms with Crippen LogP contribution in [0, 0.1) is 5.92 Å². The largest absolute Gasteiger partial charge is 0.388 e. The maximum atomic E-state index is 12.7. The highest BCUT2D eigenvalue weighted by Crippen LogP contribution is 2.30. The quantitative estimate of drug-likeness (QED) is 0.539. The Hall–Kier alpha value is -3.64. The Morgan fingerprint density at radius 3 is 2.06 bits per heavy atom. The molecular formula is C26H27N3O3. The van der Waals surface area contributed by atoms with Crippen LogP contribution in [0.1, 0.15) is 34.9 Å². The Bertz CT molecular complexity index is 1050. The third-order valence-corrected chi connectivity index (χ3v) is 5.82. The van der Waals surface area contributed by atoms with E-state index in [1.807, 2.05) is 48.5 Å². The molecule has 1 fully saturated rings. The molecule has 0 radical (unpaired) electrons. The van der Waals surface area contributed by atoms with Crippen LogP contribution in [0.25, 0.3) is 0 Å². The van der Waals surface area contributed by atoms with E-state index in [1.54, 1.807) is 41.3 Å². The van der Waals surface area contributed by atoms with Gasteiger partial charge in [0.2, 0.25) is 0 Å². The van der Waals surface area contributed by atoms with Gasteiger partial charge in [-0.05, 0) is 54.7 Å². The molecule has 3 N–H and O–H groups in total. The van der Waals surface area contributed by atoms with Gasteiger partial charge in [-0.3, -0.25) is 4.79 Å². The van der Waals surface area contributed by atoms with Crippen molar-refractivity contribution in [2.75, 3.05) is 23.7 Å².